The number of hydrogen-bond acceptors (Lipinski definition) is 6. The molecule has 1 aromatic heterocycles. The van der Waals surface area contributed by atoms with E-state index in [0.717, 1.165) is 49.8 Å². The average Bonchev–Trinajstić information content (AvgIpc) is 2.95. The summed E-state index contributed by atoms with van der Waals surface area (Å²) in [5.41, 5.74) is 4.45. The van der Waals surface area contributed by atoms with Gasteiger partial charge < -0.3 is 15.4 Å². The van der Waals surface area contributed by atoms with E-state index in [4.69, 9.17) is 4.74 Å². The molecule has 4 aromatic rings. The van der Waals surface area contributed by atoms with Crippen molar-refractivity contribution in [3.8, 4) is 5.75 Å². The van der Waals surface area contributed by atoms with Crippen LogP contribution in [-0.2, 0) is 6.54 Å². The Balaban J connectivity index is 1.35. The first-order valence-electron chi connectivity index (χ1n) is 12.5. The number of para-hydroxylation sites is 1. The van der Waals surface area contributed by atoms with Crippen LogP contribution in [-0.4, -0.2) is 48.3 Å². The molecular weight excluding hydrogens is 464 g/mol. The van der Waals surface area contributed by atoms with Crippen molar-refractivity contribution < 1.29 is 14.3 Å². The normalized spacial score (nSPS) is 14.3. The van der Waals surface area contributed by atoms with Gasteiger partial charge in [0.1, 0.15) is 17.6 Å². The highest BCUT2D eigenvalue weighted by molar-refractivity contribution is 6.09. The van der Waals surface area contributed by atoms with E-state index in [1.807, 2.05) is 36.4 Å². The maximum absolute atomic E-state index is 13.5. The van der Waals surface area contributed by atoms with Crippen LogP contribution in [0.2, 0.25) is 0 Å². The van der Waals surface area contributed by atoms with Crippen LogP contribution in [0.25, 0.3) is 10.9 Å². The van der Waals surface area contributed by atoms with Crippen molar-refractivity contribution in [1.29, 1.82) is 0 Å². The summed E-state index contributed by atoms with van der Waals surface area (Å²) >= 11 is 0. The number of nitrogens with one attached hydrogen (secondary N) is 2. The van der Waals surface area contributed by atoms with Gasteiger partial charge in [-0.3, -0.25) is 19.5 Å². The molecule has 37 heavy (non-hydrogen) atoms. The lowest BCUT2D eigenvalue weighted by atomic mass is 10.0. The number of carbonyl (C=O) groups excluding carboxylic acids is 2. The summed E-state index contributed by atoms with van der Waals surface area (Å²) in [5.74, 6) is 0.473. The van der Waals surface area contributed by atoms with Crippen molar-refractivity contribution in [2.75, 3.05) is 25.5 Å². The van der Waals surface area contributed by atoms with Gasteiger partial charge in [0.25, 0.3) is 5.91 Å². The van der Waals surface area contributed by atoms with Gasteiger partial charge in [-0.1, -0.05) is 42.5 Å². The number of piperidine rings is 1. The van der Waals surface area contributed by atoms with Gasteiger partial charge in [-0.15, -0.1) is 0 Å². The number of nitrogens with zero attached hydrogens (tertiary/aromatic N) is 2. The quantitative estimate of drug-likeness (QED) is 0.328. The molecule has 0 bridgehead atoms. The molecule has 2 heterocycles. The molecule has 1 saturated heterocycles. The van der Waals surface area contributed by atoms with Gasteiger partial charge in [0, 0.05) is 48.5 Å². The minimum atomic E-state index is -0.161. The van der Waals surface area contributed by atoms with E-state index in [2.05, 4.69) is 44.8 Å². The molecule has 0 aliphatic carbocycles. The van der Waals surface area contributed by atoms with Gasteiger partial charge in [0.15, 0.2) is 0 Å². The Kier molecular flexibility index (Phi) is 7.42. The van der Waals surface area contributed by atoms with Gasteiger partial charge in [-0.25, -0.2) is 0 Å². The Bertz CT molecular complexity index is 1380. The molecule has 1 aliphatic heterocycles. The summed E-state index contributed by atoms with van der Waals surface area (Å²) < 4.78 is 5.50. The number of amides is 1. The molecular formula is C30H30N4O3. The minimum absolute atomic E-state index is 0.0975. The summed E-state index contributed by atoms with van der Waals surface area (Å²) in [7, 11) is 1.60. The van der Waals surface area contributed by atoms with Crippen LogP contribution in [0.1, 0.15) is 39.1 Å². The molecule has 188 valence electrons. The van der Waals surface area contributed by atoms with Crippen molar-refractivity contribution in [3.63, 3.8) is 0 Å². The summed E-state index contributed by atoms with van der Waals surface area (Å²) in [6.07, 6.45) is 4.19. The first-order valence-corrected chi connectivity index (χ1v) is 12.5. The predicted octanol–water partition coefficient (Wildman–Crippen LogP) is 5.19. The van der Waals surface area contributed by atoms with Gasteiger partial charge >= 0.3 is 0 Å². The van der Waals surface area contributed by atoms with Crippen LogP contribution in [0, 0.1) is 0 Å². The Labute approximate surface area is 216 Å². The monoisotopic (exact) mass is 494 g/mol. The summed E-state index contributed by atoms with van der Waals surface area (Å²) in [5, 5.41) is 7.41. The number of aromatic nitrogens is 1. The van der Waals surface area contributed by atoms with Gasteiger partial charge in [-0.2, -0.15) is 0 Å². The molecule has 0 saturated carbocycles. The molecule has 0 unspecified atom stereocenters. The van der Waals surface area contributed by atoms with Gasteiger partial charge in [0.2, 0.25) is 0 Å². The van der Waals surface area contributed by atoms with Crippen LogP contribution >= 0.6 is 0 Å². The fraction of sp³-hybridized carbons (Fsp3) is 0.233. The number of anilines is 2. The second-order valence-corrected chi connectivity index (χ2v) is 9.28. The second-order valence-electron chi connectivity index (χ2n) is 9.28. The van der Waals surface area contributed by atoms with E-state index in [9.17, 15) is 9.59 Å². The lowest BCUT2D eigenvalue weighted by Gasteiger charge is -2.32. The predicted molar refractivity (Wildman–Crippen MR) is 146 cm³/mol. The SMILES string of the molecule is COc1cccc2c(Nc3ccc(C=O)cc3)c(C(=O)NC3CCN(Cc4ccccc4)CC3)cnc12. The molecule has 7 nitrogen and oxygen atoms in total. The summed E-state index contributed by atoms with van der Waals surface area (Å²) in [6.45, 7) is 2.79. The van der Waals surface area contributed by atoms with Crippen molar-refractivity contribution in [1.82, 2.24) is 15.2 Å². The first-order chi connectivity index (χ1) is 18.1. The molecule has 1 aliphatic rings. The highest BCUT2D eigenvalue weighted by atomic mass is 16.5. The second kappa shape index (κ2) is 11.2. The molecule has 5 rings (SSSR count). The standard InChI is InChI=1S/C30H30N4O3/c1-37-27-9-5-8-25-28(32-23-12-10-22(20-35)11-13-23)26(18-31-29(25)27)30(36)33-24-14-16-34(17-15-24)19-21-6-3-2-4-7-21/h2-13,18,20,24H,14-17,19H2,1H3,(H,31,32)(H,33,36). The lowest BCUT2D eigenvalue weighted by molar-refractivity contribution is 0.0909. The van der Waals surface area contributed by atoms with Crippen LogP contribution in [0.5, 0.6) is 5.75 Å². The van der Waals surface area contributed by atoms with E-state index < -0.39 is 0 Å². The summed E-state index contributed by atoms with van der Waals surface area (Å²) in [6, 6.07) is 23.3. The van der Waals surface area contributed by atoms with Gasteiger partial charge in [-0.05, 0) is 48.7 Å². The number of aldehydes is 1. The Morgan fingerprint density at radius 2 is 1.78 bits per heavy atom. The molecule has 0 radical (unpaired) electrons. The van der Waals surface area contributed by atoms with E-state index >= 15 is 0 Å². The molecule has 7 heteroatoms. The zero-order valence-electron chi connectivity index (χ0n) is 20.8. The van der Waals surface area contributed by atoms with Crippen LogP contribution in [0.15, 0.2) is 79.0 Å². The Morgan fingerprint density at radius 3 is 2.49 bits per heavy atom. The van der Waals surface area contributed by atoms with E-state index in [1.54, 1.807) is 25.4 Å². The van der Waals surface area contributed by atoms with Crippen LogP contribution in [0.3, 0.4) is 0 Å². The number of methoxy groups -OCH3 is 1. The maximum Gasteiger partial charge on any atom is 0.255 e. The molecule has 0 atom stereocenters. The maximum atomic E-state index is 13.5. The third kappa shape index (κ3) is 5.62. The van der Waals surface area contributed by atoms with Crippen molar-refractivity contribution in [3.05, 3.63) is 95.7 Å². The topological polar surface area (TPSA) is 83.6 Å². The molecule has 2 N–H and O–H groups in total. The van der Waals surface area contributed by atoms with E-state index in [-0.39, 0.29) is 11.9 Å². The zero-order chi connectivity index (χ0) is 25.6. The largest absolute Gasteiger partial charge is 0.494 e. The summed E-state index contributed by atoms with van der Waals surface area (Å²) in [4.78, 5) is 31.6. The minimum Gasteiger partial charge on any atom is -0.494 e. The number of rotatable bonds is 8. The first kappa shape index (κ1) is 24.5. The Morgan fingerprint density at radius 1 is 1.03 bits per heavy atom. The van der Waals surface area contributed by atoms with Crippen molar-refractivity contribution in [2.24, 2.45) is 0 Å². The highest BCUT2D eigenvalue weighted by Gasteiger charge is 2.24. The third-order valence-corrected chi connectivity index (χ3v) is 6.81. The smallest absolute Gasteiger partial charge is 0.255 e. The highest BCUT2D eigenvalue weighted by Crippen LogP contribution is 2.33. The number of carbonyl (C=O) groups is 2. The molecule has 3 aromatic carbocycles. The number of hydrogen-bond donors (Lipinski definition) is 2. The molecule has 0 spiro atoms. The number of fused-ring (bicyclic) bond motifs is 1. The molecule has 1 amide bonds. The Hall–Kier alpha value is -4.23. The van der Waals surface area contributed by atoms with E-state index in [0.29, 0.717) is 28.1 Å². The van der Waals surface area contributed by atoms with Crippen molar-refractivity contribution in [2.45, 2.75) is 25.4 Å². The third-order valence-electron chi connectivity index (χ3n) is 6.81. The van der Waals surface area contributed by atoms with Crippen molar-refractivity contribution >= 4 is 34.5 Å². The van der Waals surface area contributed by atoms with E-state index in [1.165, 1.54) is 5.56 Å². The number of benzene rings is 3. The molecule has 1 fully saturated rings. The number of likely N-dealkylation sites (tertiary alicyclic amines) is 1. The lowest BCUT2D eigenvalue weighted by Crippen LogP contribution is -2.44. The average molecular weight is 495 g/mol. The fourth-order valence-corrected chi connectivity index (χ4v) is 4.80. The fourth-order valence-electron chi connectivity index (χ4n) is 4.80. The van der Waals surface area contributed by atoms with Crippen LogP contribution < -0.4 is 15.4 Å². The number of pyridine rings is 1. The van der Waals surface area contributed by atoms with Gasteiger partial charge in [0.05, 0.1) is 18.4 Å². The number of ether oxygens (including phenoxy) is 1. The van der Waals surface area contributed by atoms with Crippen LogP contribution in [0.4, 0.5) is 11.4 Å². The zero-order valence-corrected chi connectivity index (χ0v) is 20.8.